The molecule has 0 fully saturated rings. The van der Waals surface area contributed by atoms with Gasteiger partial charge in [-0.3, -0.25) is 4.40 Å². The highest BCUT2D eigenvalue weighted by Gasteiger charge is 2.20. The van der Waals surface area contributed by atoms with Crippen LogP contribution < -0.4 is 5.32 Å². The first kappa shape index (κ1) is 16.4. The van der Waals surface area contributed by atoms with E-state index in [0.717, 1.165) is 12.0 Å². The first-order valence-corrected chi connectivity index (χ1v) is 8.75. The fourth-order valence-corrected chi connectivity index (χ4v) is 3.67. The molecule has 4 aromatic rings. The summed E-state index contributed by atoms with van der Waals surface area (Å²) in [6.07, 6.45) is 1.02. The maximum atomic E-state index is 14.4. The van der Waals surface area contributed by atoms with Crippen LogP contribution in [0.15, 0.2) is 53.9 Å². The second-order valence-electron chi connectivity index (χ2n) is 5.64. The third-order valence-corrected chi connectivity index (χ3v) is 4.84. The van der Waals surface area contributed by atoms with Gasteiger partial charge in [-0.2, -0.15) is 0 Å². The van der Waals surface area contributed by atoms with Crippen molar-refractivity contribution in [3.63, 3.8) is 0 Å². The van der Waals surface area contributed by atoms with Crippen LogP contribution in [0.5, 0.6) is 0 Å². The van der Waals surface area contributed by atoms with Crippen molar-refractivity contribution in [1.82, 2.24) is 9.38 Å². The van der Waals surface area contributed by atoms with Gasteiger partial charge in [-0.25, -0.2) is 13.8 Å². The molecular weight excluding hydrogens is 356 g/mol. The van der Waals surface area contributed by atoms with Gasteiger partial charge >= 0.3 is 0 Å². The fraction of sp³-hybridized carbons (Fsp3) is 0.0526. The largest absolute Gasteiger partial charge is 0.339 e. The van der Waals surface area contributed by atoms with Crippen LogP contribution >= 0.6 is 11.3 Å². The molecule has 0 aliphatic rings. The Labute approximate surface area is 151 Å². The molecule has 4 rings (SSSR count). The Morgan fingerprint density at radius 2 is 1.88 bits per heavy atom. The van der Waals surface area contributed by atoms with Crippen LogP contribution in [0.2, 0.25) is 0 Å². The van der Waals surface area contributed by atoms with Crippen LogP contribution in [-0.2, 0) is 11.2 Å². The number of rotatable bonds is 5. The lowest BCUT2D eigenvalue weighted by atomic mass is 10.1. The van der Waals surface area contributed by atoms with Gasteiger partial charge in [0.1, 0.15) is 29.4 Å². The lowest BCUT2D eigenvalue weighted by Crippen LogP contribution is -2.00. The Balaban J connectivity index is 1.92. The smallest absolute Gasteiger partial charge is 0.196 e. The number of nitrogens with zero attached hydrogens (tertiary/aromatic N) is 2. The highest BCUT2D eigenvalue weighted by Crippen LogP contribution is 2.35. The zero-order valence-electron chi connectivity index (χ0n) is 13.4. The molecule has 0 unspecified atom stereocenters. The summed E-state index contributed by atoms with van der Waals surface area (Å²) >= 11 is 1.37. The lowest BCUT2D eigenvalue weighted by molar-refractivity contribution is -0.107. The molecule has 4 nitrogen and oxygen atoms in total. The highest BCUT2D eigenvalue weighted by molar-refractivity contribution is 7.15. The van der Waals surface area contributed by atoms with E-state index in [1.54, 1.807) is 34.7 Å². The van der Waals surface area contributed by atoms with E-state index in [0.29, 0.717) is 27.7 Å². The highest BCUT2D eigenvalue weighted by atomic mass is 32.1. The van der Waals surface area contributed by atoms with Gasteiger partial charge in [0.2, 0.25) is 0 Å². The SMILES string of the molecule is O=CCc1csc2nc(-c3ccccc3F)c(Nc3ccc(F)cc3)n12. The summed E-state index contributed by atoms with van der Waals surface area (Å²) in [5.41, 5.74) is 2.17. The number of hydrogen-bond donors (Lipinski definition) is 1. The Hall–Kier alpha value is -3.06. The number of carbonyl (C=O) groups is 1. The monoisotopic (exact) mass is 369 g/mol. The maximum absolute atomic E-state index is 14.4. The molecule has 0 saturated carbocycles. The topological polar surface area (TPSA) is 46.4 Å². The van der Waals surface area contributed by atoms with E-state index in [1.165, 1.54) is 29.5 Å². The van der Waals surface area contributed by atoms with Crippen molar-refractivity contribution in [2.24, 2.45) is 0 Å². The molecule has 7 heteroatoms. The molecule has 0 aliphatic carbocycles. The Morgan fingerprint density at radius 3 is 2.62 bits per heavy atom. The Bertz CT molecular complexity index is 1090. The van der Waals surface area contributed by atoms with Crippen LogP contribution in [0.3, 0.4) is 0 Å². The van der Waals surface area contributed by atoms with Gasteiger partial charge in [0.25, 0.3) is 0 Å². The van der Waals surface area contributed by atoms with Crippen LogP contribution in [0.4, 0.5) is 20.3 Å². The predicted octanol–water partition coefficient (Wildman–Crippen LogP) is 4.83. The molecule has 0 aliphatic heterocycles. The van der Waals surface area contributed by atoms with Crippen LogP contribution in [-0.4, -0.2) is 15.7 Å². The quantitative estimate of drug-likeness (QED) is 0.513. The number of nitrogens with one attached hydrogen (secondary N) is 1. The van der Waals surface area contributed by atoms with Gasteiger partial charge in [-0.05, 0) is 36.4 Å². The van der Waals surface area contributed by atoms with Crippen LogP contribution in [0, 0.1) is 11.6 Å². The van der Waals surface area contributed by atoms with E-state index in [4.69, 9.17) is 0 Å². The van der Waals surface area contributed by atoms with Crippen molar-refractivity contribution in [1.29, 1.82) is 0 Å². The minimum absolute atomic E-state index is 0.213. The minimum atomic E-state index is -0.391. The fourth-order valence-electron chi connectivity index (χ4n) is 2.77. The van der Waals surface area contributed by atoms with E-state index in [9.17, 15) is 13.6 Å². The summed E-state index contributed by atoms with van der Waals surface area (Å²) in [5.74, 6) is -0.201. The standard InChI is InChI=1S/C19H13F2N3OS/c20-12-5-7-13(8-6-12)22-18-17(15-3-1-2-4-16(15)21)23-19-24(18)14(9-10-25)11-26-19/h1-8,10-11,22H,9H2. The number of aromatic nitrogens is 2. The Morgan fingerprint density at radius 1 is 1.12 bits per heavy atom. The van der Waals surface area contributed by atoms with Crippen molar-refractivity contribution in [2.75, 3.05) is 5.32 Å². The van der Waals surface area contributed by atoms with Crippen molar-refractivity contribution in [3.8, 4) is 11.3 Å². The van der Waals surface area contributed by atoms with Gasteiger partial charge in [0.15, 0.2) is 4.96 Å². The first-order chi connectivity index (χ1) is 12.7. The molecule has 0 spiro atoms. The normalized spacial score (nSPS) is 11.0. The average molecular weight is 369 g/mol. The summed E-state index contributed by atoms with van der Waals surface area (Å²) in [6.45, 7) is 0. The van der Waals surface area contributed by atoms with Crippen molar-refractivity contribution < 1.29 is 13.6 Å². The number of fused-ring (bicyclic) bond motifs is 1. The van der Waals surface area contributed by atoms with Gasteiger partial charge in [-0.15, -0.1) is 11.3 Å². The van der Waals surface area contributed by atoms with Gasteiger partial charge in [-0.1, -0.05) is 12.1 Å². The number of hydrogen-bond acceptors (Lipinski definition) is 4. The summed E-state index contributed by atoms with van der Waals surface area (Å²) < 4.78 is 29.3. The van der Waals surface area contributed by atoms with Gasteiger partial charge in [0.05, 0.1) is 0 Å². The second-order valence-corrected chi connectivity index (χ2v) is 6.47. The first-order valence-electron chi connectivity index (χ1n) is 7.87. The number of thiazole rings is 1. The number of halogens is 2. The molecule has 0 radical (unpaired) electrons. The van der Waals surface area contributed by atoms with Crippen molar-refractivity contribution in [2.45, 2.75) is 6.42 Å². The lowest BCUT2D eigenvalue weighted by Gasteiger charge is -2.10. The molecule has 0 bridgehead atoms. The van der Waals surface area contributed by atoms with E-state index in [2.05, 4.69) is 10.3 Å². The summed E-state index contributed by atoms with van der Waals surface area (Å²) in [7, 11) is 0. The van der Waals surface area contributed by atoms with Gasteiger partial charge in [0, 0.05) is 28.7 Å². The molecule has 0 atom stereocenters. The molecule has 130 valence electrons. The predicted molar refractivity (Wildman–Crippen MR) is 97.9 cm³/mol. The number of benzene rings is 2. The number of anilines is 2. The molecule has 0 amide bonds. The molecule has 0 saturated heterocycles. The molecule has 1 N–H and O–H groups in total. The number of imidazole rings is 1. The van der Waals surface area contributed by atoms with E-state index in [1.807, 2.05) is 5.38 Å². The van der Waals surface area contributed by atoms with Crippen LogP contribution in [0.25, 0.3) is 16.2 Å². The third-order valence-electron chi connectivity index (χ3n) is 3.96. The van der Waals surface area contributed by atoms with Crippen molar-refractivity contribution >= 4 is 34.1 Å². The third kappa shape index (κ3) is 2.86. The zero-order valence-corrected chi connectivity index (χ0v) is 14.3. The molecule has 2 aromatic carbocycles. The molecular formula is C19H13F2N3OS. The second kappa shape index (κ2) is 6.68. The summed E-state index contributed by atoms with van der Waals surface area (Å²) in [4.78, 5) is 16.2. The van der Waals surface area contributed by atoms with E-state index in [-0.39, 0.29) is 12.2 Å². The molecule has 26 heavy (non-hydrogen) atoms. The van der Waals surface area contributed by atoms with E-state index >= 15 is 0 Å². The summed E-state index contributed by atoms with van der Waals surface area (Å²) in [5, 5.41) is 5.04. The van der Waals surface area contributed by atoms with Gasteiger partial charge < -0.3 is 10.1 Å². The number of aldehydes is 1. The zero-order chi connectivity index (χ0) is 18.1. The minimum Gasteiger partial charge on any atom is -0.339 e. The average Bonchev–Trinajstić information content (AvgIpc) is 3.19. The van der Waals surface area contributed by atoms with Crippen LogP contribution in [0.1, 0.15) is 5.69 Å². The number of carbonyl (C=O) groups excluding carboxylic acids is 1. The molecule has 2 aromatic heterocycles. The van der Waals surface area contributed by atoms with E-state index < -0.39 is 5.82 Å². The summed E-state index contributed by atoms with van der Waals surface area (Å²) in [6, 6.07) is 12.2. The molecule has 2 heterocycles. The Kier molecular flexibility index (Phi) is 4.22. The maximum Gasteiger partial charge on any atom is 0.196 e. The van der Waals surface area contributed by atoms with Crippen molar-refractivity contribution in [3.05, 3.63) is 71.2 Å².